The lowest BCUT2D eigenvalue weighted by atomic mass is 9.85. The first-order valence-corrected chi connectivity index (χ1v) is 12.4. The standard InChI is InChI=1S/C38H24O/c1-2-11-25(12-3-1)26-13-10-14-27(23-26)37-31-16-4-6-18-33(31)38(34-19-7-5-17-32(34)37)28-21-22-30-29-15-8-9-20-35(29)39-36(30)24-28/h1-24H/i4D,5D,6D,7D,8D,9D,15D,20D,21D,22D,24D. The molecule has 1 heteroatoms. The average Bonchev–Trinajstić information content (AvgIpc) is 3.52. The summed E-state index contributed by atoms with van der Waals surface area (Å²) < 4.78 is 101. The van der Waals surface area contributed by atoms with Gasteiger partial charge in [0.15, 0.2) is 0 Å². The van der Waals surface area contributed by atoms with Crippen molar-refractivity contribution in [2.24, 2.45) is 0 Å². The molecule has 0 bridgehead atoms. The number of fused-ring (bicyclic) bond motifs is 5. The molecule has 0 unspecified atom stereocenters. The van der Waals surface area contributed by atoms with E-state index in [1.54, 1.807) is 12.1 Å². The molecule has 39 heavy (non-hydrogen) atoms. The predicted octanol–water partition coefficient (Wildman–Crippen LogP) is 10.9. The van der Waals surface area contributed by atoms with E-state index < -0.39 is 36.3 Å². The Bertz CT molecular complexity index is 2700. The van der Waals surface area contributed by atoms with Crippen molar-refractivity contribution in [1.82, 2.24) is 0 Å². The van der Waals surface area contributed by atoms with E-state index >= 15 is 0 Å². The number of hydrogen-bond donors (Lipinski definition) is 0. The van der Waals surface area contributed by atoms with Gasteiger partial charge in [0.2, 0.25) is 0 Å². The van der Waals surface area contributed by atoms with Gasteiger partial charge in [0, 0.05) is 10.8 Å². The Morgan fingerprint density at radius 1 is 0.410 bits per heavy atom. The zero-order chi connectivity index (χ0) is 35.3. The van der Waals surface area contributed by atoms with Gasteiger partial charge in [-0.3, -0.25) is 0 Å². The summed E-state index contributed by atoms with van der Waals surface area (Å²) in [6.45, 7) is 0. The van der Waals surface area contributed by atoms with Crippen LogP contribution in [0.4, 0.5) is 0 Å². The number of furan rings is 1. The fraction of sp³-hybridized carbons (Fsp3) is 0. The van der Waals surface area contributed by atoms with Gasteiger partial charge in [0.05, 0.1) is 15.1 Å². The quantitative estimate of drug-likeness (QED) is 0.217. The first-order valence-electron chi connectivity index (χ1n) is 17.9. The predicted molar refractivity (Wildman–Crippen MR) is 165 cm³/mol. The Morgan fingerprint density at radius 3 is 1.72 bits per heavy atom. The highest BCUT2D eigenvalue weighted by Gasteiger charge is 2.18. The van der Waals surface area contributed by atoms with Gasteiger partial charge in [-0.2, -0.15) is 0 Å². The van der Waals surface area contributed by atoms with Crippen molar-refractivity contribution >= 4 is 43.5 Å². The second-order valence-electron chi connectivity index (χ2n) is 9.27. The molecule has 8 rings (SSSR count). The third kappa shape index (κ3) is 3.48. The van der Waals surface area contributed by atoms with Crippen molar-refractivity contribution in [1.29, 1.82) is 0 Å². The largest absolute Gasteiger partial charge is 0.456 e. The molecular formula is C38H24O. The van der Waals surface area contributed by atoms with Crippen LogP contribution in [-0.2, 0) is 0 Å². The Kier molecular flexibility index (Phi) is 3.04. The van der Waals surface area contributed by atoms with Crippen LogP contribution in [0, 0.1) is 0 Å². The van der Waals surface area contributed by atoms with E-state index in [0.717, 1.165) is 16.7 Å². The normalized spacial score (nSPS) is 15.5. The highest BCUT2D eigenvalue weighted by atomic mass is 16.3. The van der Waals surface area contributed by atoms with E-state index in [1.807, 2.05) is 54.6 Å². The molecular weight excluding hydrogens is 472 g/mol. The van der Waals surface area contributed by atoms with Gasteiger partial charge in [-0.15, -0.1) is 0 Å². The van der Waals surface area contributed by atoms with Gasteiger partial charge < -0.3 is 4.42 Å². The van der Waals surface area contributed by atoms with Crippen LogP contribution in [0.1, 0.15) is 15.1 Å². The lowest BCUT2D eigenvalue weighted by Gasteiger charge is -2.18. The highest BCUT2D eigenvalue weighted by Crippen LogP contribution is 2.45. The van der Waals surface area contributed by atoms with Crippen molar-refractivity contribution in [3.63, 3.8) is 0 Å². The van der Waals surface area contributed by atoms with Crippen molar-refractivity contribution in [2.45, 2.75) is 0 Å². The summed E-state index contributed by atoms with van der Waals surface area (Å²) in [6, 6.07) is 20.1. The summed E-state index contributed by atoms with van der Waals surface area (Å²) in [7, 11) is 0. The second kappa shape index (κ2) is 8.72. The first-order chi connectivity index (χ1) is 23.9. The lowest BCUT2D eigenvalue weighted by molar-refractivity contribution is 0.669. The first kappa shape index (κ1) is 13.6. The maximum Gasteiger partial charge on any atom is 0.136 e. The fourth-order valence-corrected chi connectivity index (χ4v) is 5.37. The third-order valence-electron chi connectivity index (χ3n) is 7.08. The van der Waals surface area contributed by atoms with E-state index in [1.165, 1.54) is 12.1 Å². The third-order valence-corrected chi connectivity index (χ3v) is 7.08. The summed E-state index contributed by atoms with van der Waals surface area (Å²) >= 11 is 0. The van der Waals surface area contributed by atoms with E-state index in [0.29, 0.717) is 27.1 Å². The second-order valence-corrected chi connectivity index (χ2v) is 9.27. The maximum atomic E-state index is 9.40. The van der Waals surface area contributed by atoms with Crippen LogP contribution >= 0.6 is 0 Å². The molecule has 1 aromatic heterocycles. The Balaban J connectivity index is 1.56. The minimum absolute atomic E-state index is 0.0642. The Morgan fingerprint density at radius 2 is 1.00 bits per heavy atom. The molecule has 0 aliphatic carbocycles. The van der Waals surface area contributed by atoms with E-state index in [4.69, 9.17) is 16.8 Å². The molecule has 0 atom stereocenters. The van der Waals surface area contributed by atoms with Crippen LogP contribution < -0.4 is 0 Å². The van der Waals surface area contributed by atoms with E-state index in [-0.39, 0.29) is 63.3 Å². The lowest BCUT2D eigenvalue weighted by Crippen LogP contribution is -1.91. The Hall–Kier alpha value is -5.14. The topological polar surface area (TPSA) is 13.1 Å². The molecule has 0 fully saturated rings. The number of benzene rings is 7. The maximum absolute atomic E-state index is 9.40. The van der Waals surface area contributed by atoms with Crippen LogP contribution in [0.3, 0.4) is 0 Å². The molecule has 0 saturated carbocycles. The summed E-state index contributed by atoms with van der Waals surface area (Å²) in [5, 5.41) is 1.61. The van der Waals surface area contributed by atoms with Crippen LogP contribution in [-0.4, -0.2) is 0 Å². The van der Waals surface area contributed by atoms with Gasteiger partial charge in [0.1, 0.15) is 11.2 Å². The molecule has 7 aromatic carbocycles. The van der Waals surface area contributed by atoms with Crippen molar-refractivity contribution in [3.05, 3.63) is 145 Å². The molecule has 0 saturated heterocycles. The molecule has 1 nitrogen and oxygen atoms in total. The van der Waals surface area contributed by atoms with Crippen molar-refractivity contribution in [2.75, 3.05) is 0 Å². The molecule has 0 spiro atoms. The molecule has 0 aliphatic rings. The number of para-hydroxylation sites is 1. The molecule has 0 radical (unpaired) electrons. The van der Waals surface area contributed by atoms with Gasteiger partial charge in [-0.25, -0.2) is 0 Å². The molecule has 0 aliphatic heterocycles. The molecule has 1 heterocycles. The van der Waals surface area contributed by atoms with Crippen molar-refractivity contribution < 1.29 is 19.5 Å². The molecule has 182 valence electrons. The highest BCUT2D eigenvalue weighted by molar-refractivity contribution is 6.22. The zero-order valence-corrected chi connectivity index (χ0v) is 20.4. The van der Waals surface area contributed by atoms with Crippen LogP contribution in [0.25, 0.3) is 76.9 Å². The van der Waals surface area contributed by atoms with Crippen LogP contribution in [0.5, 0.6) is 0 Å². The summed E-state index contributed by atoms with van der Waals surface area (Å²) in [5.41, 5.74) is 3.03. The van der Waals surface area contributed by atoms with Gasteiger partial charge >= 0.3 is 0 Å². The number of rotatable bonds is 3. The van der Waals surface area contributed by atoms with Crippen LogP contribution in [0.15, 0.2) is 150 Å². The molecule has 0 amide bonds. The number of hydrogen-bond acceptors (Lipinski definition) is 1. The monoisotopic (exact) mass is 507 g/mol. The minimum Gasteiger partial charge on any atom is -0.456 e. The zero-order valence-electron chi connectivity index (χ0n) is 31.4. The van der Waals surface area contributed by atoms with Gasteiger partial charge in [-0.05, 0) is 79.1 Å². The summed E-state index contributed by atoms with van der Waals surface area (Å²) in [5.74, 6) is 0. The van der Waals surface area contributed by atoms with Gasteiger partial charge in [0.25, 0.3) is 0 Å². The van der Waals surface area contributed by atoms with Crippen molar-refractivity contribution in [3.8, 4) is 33.4 Å². The molecule has 8 aromatic rings. The van der Waals surface area contributed by atoms with Gasteiger partial charge in [-0.1, -0.05) is 121 Å². The fourth-order valence-electron chi connectivity index (χ4n) is 5.37. The molecule has 0 N–H and O–H groups in total. The minimum atomic E-state index is -0.529. The Labute approximate surface area is 242 Å². The van der Waals surface area contributed by atoms with E-state index in [2.05, 4.69) is 0 Å². The SMILES string of the molecule is [2H]c1cc2c(-c3cccc(-c4ccccc4)c3)c3cc([2H])c([2H])cc3c(-c3c([2H])c([2H])c4c(oc5c([2H])c([2H])c([2H])c([2H])c54)c3[2H])c2cc1[2H]. The smallest absolute Gasteiger partial charge is 0.136 e. The average molecular weight is 508 g/mol. The van der Waals surface area contributed by atoms with Crippen LogP contribution in [0.2, 0.25) is 0 Å². The van der Waals surface area contributed by atoms with E-state index in [9.17, 15) is 2.74 Å². The summed E-state index contributed by atoms with van der Waals surface area (Å²) in [6.07, 6.45) is 0. The summed E-state index contributed by atoms with van der Waals surface area (Å²) in [4.78, 5) is 0.